The Morgan fingerprint density at radius 2 is 1.81 bits per heavy atom. The fourth-order valence-corrected chi connectivity index (χ4v) is 1.72. The first kappa shape index (κ1) is 20.1. The molecule has 0 aliphatic rings. The number of hydrogen-bond acceptors (Lipinski definition) is 2. The van der Waals surface area contributed by atoms with Crippen LogP contribution in [0.1, 0.15) is 12.5 Å². The predicted octanol–water partition coefficient (Wildman–Crippen LogP) is 2.10. The highest BCUT2D eigenvalue weighted by molar-refractivity contribution is 14.0. The zero-order valence-electron chi connectivity index (χ0n) is 13.0. The van der Waals surface area contributed by atoms with E-state index in [0.717, 1.165) is 44.1 Å². The molecular weight excluding hydrogens is 382 g/mol. The monoisotopic (exact) mass is 408 g/mol. The minimum atomic E-state index is -0.195. The van der Waals surface area contributed by atoms with Gasteiger partial charge >= 0.3 is 0 Å². The van der Waals surface area contributed by atoms with E-state index in [4.69, 9.17) is 0 Å². The van der Waals surface area contributed by atoms with Crippen molar-refractivity contribution < 1.29 is 4.39 Å². The second-order valence-corrected chi connectivity index (χ2v) is 4.70. The first-order chi connectivity index (χ1) is 9.65. The Balaban J connectivity index is 0.00000400. The normalized spacial score (nSPS) is 11.2. The first-order valence-corrected chi connectivity index (χ1v) is 7.03. The topological polar surface area (TPSA) is 39.7 Å². The highest BCUT2D eigenvalue weighted by Crippen LogP contribution is 2.02. The van der Waals surface area contributed by atoms with E-state index in [1.807, 2.05) is 12.1 Å². The van der Waals surface area contributed by atoms with E-state index in [0.29, 0.717) is 0 Å². The van der Waals surface area contributed by atoms with Gasteiger partial charge < -0.3 is 15.5 Å². The molecule has 0 atom stereocenters. The van der Waals surface area contributed by atoms with E-state index in [1.165, 1.54) is 12.1 Å². The number of likely N-dealkylation sites (N-methyl/N-ethyl adjacent to an activating group) is 1. The molecule has 0 bridgehead atoms. The molecule has 1 aromatic rings. The standard InChI is InChI=1S/C15H25FN4.HI/c1-4-20(3)12-11-19-15(17-2)18-10-9-13-5-7-14(16)8-6-13;/h5-8H,4,9-12H2,1-3H3,(H2,17,18,19);1H. The van der Waals surface area contributed by atoms with E-state index in [9.17, 15) is 4.39 Å². The Labute approximate surface area is 144 Å². The third-order valence-corrected chi connectivity index (χ3v) is 3.17. The molecule has 2 N–H and O–H groups in total. The molecule has 0 aromatic heterocycles. The quantitative estimate of drug-likeness (QED) is 0.413. The lowest BCUT2D eigenvalue weighted by Crippen LogP contribution is -2.41. The fourth-order valence-electron chi connectivity index (χ4n) is 1.72. The Morgan fingerprint density at radius 3 is 2.38 bits per heavy atom. The van der Waals surface area contributed by atoms with Gasteiger partial charge in [0, 0.05) is 26.7 Å². The molecule has 1 rings (SSSR count). The Hall–Kier alpha value is -0.890. The number of rotatable bonds is 7. The summed E-state index contributed by atoms with van der Waals surface area (Å²) < 4.78 is 12.8. The van der Waals surface area contributed by atoms with Crippen molar-refractivity contribution in [2.45, 2.75) is 13.3 Å². The van der Waals surface area contributed by atoms with Crippen LogP contribution < -0.4 is 10.6 Å². The van der Waals surface area contributed by atoms with E-state index in [2.05, 4.69) is 34.5 Å². The number of aliphatic imine (C=N–C) groups is 1. The van der Waals surface area contributed by atoms with Crippen molar-refractivity contribution >= 4 is 29.9 Å². The second kappa shape index (κ2) is 11.7. The summed E-state index contributed by atoms with van der Waals surface area (Å²) in [5, 5.41) is 6.52. The zero-order chi connectivity index (χ0) is 14.8. The summed E-state index contributed by atoms with van der Waals surface area (Å²) in [6.07, 6.45) is 0.843. The van der Waals surface area contributed by atoms with Crippen molar-refractivity contribution in [2.75, 3.05) is 40.3 Å². The number of guanidine groups is 1. The van der Waals surface area contributed by atoms with Gasteiger partial charge in [-0.15, -0.1) is 24.0 Å². The van der Waals surface area contributed by atoms with Crippen LogP contribution in [0, 0.1) is 5.82 Å². The maximum atomic E-state index is 12.8. The zero-order valence-corrected chi connectivity index (χ0v) is 15.4. The van der Waals surface area contributed by atoms with E-state index in [1.54, 1.807) is 7.05 Å². The van der Waals surface area contributed by atoms with Gasteiger partial charge in [0.15, 0.2) is 5.96 Å². The van der Waals surface area contributed by atoms with Crippen molar-refractivity contribution in [1.29, 1.82) is 0 Å². The summed E-state index contributed by atoms with van der Waals surface area (Å²) in [7, 11) is 3.85. The summed E-state index contributed by atoms with van der Waals surface area (Å²) >= 11 is 0. The number of nitrogens with one attached hydrogen (secondary N) is 2. The Bertz CT molecular complexity index is 409. The van der Waals surface area contributed by atoms with Crippen LogP contribution in [0.15, 0.2) is 29.3 Å². The fraction of sp³-hybridized carbons (Fsp3) is 0.533. The second-order valence-electron chi connectivity index (χ2n) is 4.70. The molecule has 6 heteroatoms. The minimum absolute atomic E-state index is 0. The number of halogens is 2. The summed E-state index contributed by atoms with van der Waals surface area (Å²) in [6, 6.07) is 6.60. The first-order valence-electron chi connectivity index (χ1n) is 7.03. The smallest absolute Gasteiger partial charge is 0.191 e. The molecule has 0 heterocycles. The Morgan fingerprint density at radius 1 is 1.19 bits per heavy atom. The lowest BCUT2D eigenvalue weighted by Gasteiger charge is -2.16. The highest BCUT2D eigenvalue weighted by atomic mass is 127. The molecule has 120 valence electrons. The van der Waals surface area contributed by atoms with Crippen LogP contribution in [0.4, 0.5) is 4.39 Å². The molecule has 4 nitrogen and oxygen atoms in total. The SMILES string of the molecule is CCN(C)CCNC(=NC)NCCc1ccc(F)cc1.I. The summed E-state index contributed by atoms with van der Waals surface area (Å²) in [5.74, 6) is 0.607. The molecule has 0 saturated carbocycles. The number of nitrogens with zero attached hydrogens (tertiary/aromatic N) is 2. The highest BCUT2D eigenvalue weighted by Gasteiger charge is 1.99. The average molecular weight is 408 g/mol. The molecule has 0 aliphatic carbocycles. The van der Waals surface area contributed by atoms with Crippen LogP contribution >= 0.6 is 24.0 Å². The van der Waals surface area contributed by atoms with Crippen molar-refractivity contribution in [3.05, 3.63) is 35.6 Å². The molecule has 0 spiro atoms. The molecule has 0 fully saturated rings. The third kappa shape index (κ3) is 8.87. The van der Waals surface area contributed by atoms with Gasteiger partial charge in [0.1, 0.15) is 5.82 Å². The molecule has 0 unspecified atom stereocenters. The van der Waals surface area contributed by atoms with Crippen LogP contribution in [0.25, 0.3) is 0 Å². The number of benzene rings is 1. The molecule has 1 aromatic carbocycles. The molecule has 0 amide bonds. The molecule has 0 saturated heterocycles. The lowest BCUT2D eigenvalue weighted by atomic mass is 10.1. The number of hydrogen-bond donors (Lipinski definition) is 2. The van der Waals surface area contributed by atoms with Gasteiger partial charge in [-0.05, 0) is 37.7 Å². The van der Waals surface area contributed by atoms with Crippen LogP contribution in [-0.2, 0) is 6.42 Å². The molecular formula is C15H26FIN4. The summed E-state index contributed by atoms with van der Waals surface area (Å²) in [4.78, 5) is 6.41. The third-order valence-electron chi connectivity index (χ3n) is 3.17. The van der Waals surface area contributed by atoms with Crippen LogP contribution in [-0.4, -0.2) is 51.1 Å². The lowest BCUT2D eigenvalue weighted by molar-refractivity contribution is 0.357. The van der Waals surface area contributed by atoms with Crippen molar-refractivity contribution in [2.24, 2.45) is 4.99 Å². The predicted molar refractivity (Wildman–Crippen MR) is 98.1 cm³/mol. The maximum absolute atomic E-state index is 12.8. The van der Waals surface area contributed by atoms with Gasteiger partial charge in [-0.3, -0.25) is 4.99 Å². The van der Waals surface area contributed by atoms with E-state index in [-0.39, 0.29) is 29.8 Å². The average Bonchev–Trinajstić information content (AvgIpc) is 2.47. The van der Waals surface area contributed by atoms with Crippen molar-refractivity contribution in [1.82, 2.24) is 15.5 Å². The van der Waals surface area contributed by atoms with Gasteiger partial charge in [0.25, 0.3) is 0 Å². The van der Waals surface area contributed by atoms with E-state index >= 15 is 0 Å². The van der Waals surface area contributed by atoms with Gasteiger partial charge in [-0.2, -0.15) is 0 Å². The Kier molecular flexibility index (Phi) is 11.2. The van der Waals surface area contributed by atoms with Gasteiger partial charge in [-0.25, -0.2) is 4.39 Å². The van der Waals surface area contributed by atoms with Crippen LogP contribution in [0.2, 0.25) is 0 Å². The van der Waals surface area contributed by atoms with Crippen molar-refractivity contribution in [3.8, 4) is 0 Å². The summed E-state index contributed by atoms with van der Waals surface area (Å²) in [6.45, 7) is 5.79. The van der Waals surface area contributed by atoms with Crippen LogP contribution in [0.3, 0.4) is 0 Å². The summed E-state index contributed by atoms with van der Waals surface area (Å²) in [5.41, 5.74) is 1.11. The van der Waals surface area contributed by atoms with E-state index < -0.39 is 0 Å². The molecule has 0 aliphatic heterocycles. The van der Waals surface area contributed by atoms with Gasteiger partial charge in [0.2, 0.25) is 0 Å². The van der Waals surface area contributed by atoms with Crippen molar-refractivity contribution in [3.63, 3.8) is 0 Å². The molecule has 0 radical (unpaired) electrons. The minimum Gasteiger partial charge on any atom is -0.356 e. The van der Waals surface area contributed by atoms with Crippen LogP contribution in [0.5, 0.6) is 0 Å². The largest absolute Gasteiger partial charge is 0.356 e. The molecule has 21 heavy (non-hydrogen) atoms. The van der Waals surface area contributed by atoms with Gasteiger partial charge in [0.05, 0.1) is 0 Å². The maximum Gasteiger partial charge on any atom is 0.191 e. The van der Waals surface area contributed by atoms with Gasteiger partial charge in [-0.1, -0.05) is 19.1 Å².